The molecule has 0 spiro atoms. The van der Waals surface area contributed by atoms with E-state index in [4.69, 9.17) is 10.3 Å². The monoisotopic (exact) mass is 392 g/mol. The minimum absolute atomic E-state index is 0.322. The summed E-state index contributed by atoms with van der Waals surface area (Å²) in [7, 11) is 0. The van der Waals surface area contributed by atoms with E-state index in [9.17, 15) is 0 Å². The number of aromatic nitrogens is 1. The maximum Gasteiger partial charge on any atom is 0.230 e. The number of hydrogen-bond donors (Lipinski definition) is 1. The lowest BCUT2D eigenvalue weighted by atomic mass is 10.0. The van der Waals surface area contributed by atoms with Gasteiger partial charge >= 0.3 is 0 Å². The van der Waals surface area contributed by atoms with Crippen molar-refractivity contribution in [2.24, 2.45) is 0 Å². The number of benzene rings is 2. The molecule has 0 saturated carbocycles. The van der Waals surface area contributed by atoms with Gasteiger partial charge in [-0.05, 0) is 23.8 Å². The molecule has 3 nitrogen and oxygen atoms in total. The topological polar surface area (TPSA) is 52.0 Å². The third-order valence-electron chi connectivity index (χ3n) is 2.92. The standard InChI is InChI=1S/C15H10Br2N2O/c16-11-6-10(7-12(17)8-11)14-13(15(18)20-19-14)9-4-2-1-3-5-9/h1-8H,18H2. The summed E-state index contributed by atoms with van der Waals surface area (Å²) in [5, 5.41) is 4.10. The highest BCUT2D eigenvalue weighted by Gasteiger charge is 2.17. The number of rotatable bonds is 2. The first kappa shape index (κ1) is 13.4. The maximum atomic E-state index is 5.93. The second-order valence-electron chi connectivity index (χ2n) is 4.29. The molecule has 0 saturated heterocycles. The predicted molar refractivity (Wildman–Crippen MR) is 87.2 cm³/mol. The Bertz CT molecular complexity index is 734. The molecular weight excluding hydrogens is 384 g/mol. The van der Waals surface area contributed by atoms with Crippen LogP contribution in [0.15, 0.2) is 62.0 Å². The van der Waals surface area contributed by atoms with E-state index < -0.39 is 0 Å². The van der Waals surface area contributed by atoms with Crippen molar-refractivity contribution in [1.82, 2.24) is 5.16 Å². The van der Waals surface area contributed by atoms with Gasteiger partial charge in [-0.2, -0.15) is 0 Å². The normalized spacial score (nSPS) is 10.7. The van der Waals surface area contributed by atoms with Gasteiger partial charge in [0.1, 0.15) is 5.69 Å². The molecule has 0 aliphatic heterocycles. The van der Waals surface area contributed by atoms with Crippen LogP contribution in [0.3, 0.4) is 0 Å². The molecule has 1 heterocycles. The summed E-state index contributed by atoms with van der Waals surface area (Å²) in [6.07, 6.45) is 0. The van der Waals surface area contributed by atoms with Gasteiger partial charge in [0.05, 0.1) is 5.56 Å². The second kappa shape index (κ2) is 5.42. The molecule has 100 valence electrons. The van der Waals surface area contributed by atoms with Crippen molar-refractivity contribution in [2.45, 2.75) is 0 Å². The minimum Gasteiger partial charge on any atom is -0.367 e. The summed E-state index contributed by atoms with van der Waals surface area (Å²) in [6, 6.07) is 15.8. The van der Waals surface area contributed by atoms with E-state index in [2.05, 4.69) is 37.0 Å². The number of nitrogens with zero attached hydrogens (tertiary/aromatic N) is 1. The Morgan fingerprint density at radius 2 is 1.55 bits per heavy atom. The molecule has 3 rings (SSSR count). The Morgan fingerprint density at radius 1 is 0.900 bits per heavy atom. The summed E-state index contributed by atoms with van der Waals surface area (Å²) < 4.78 is 7.10. The highest BCUT2D eigenvalue weighted by atomic mass is 79.9. The van der Waals surface area contributed by atoms with Gasteiger partial charge in [0.15, 0.2) is 0 Å². The molecule has 0 radical (unpaired) electrons. The summed E-state index contributed by atoms with van der Waals surface area (Å²) >= 11 is 6.96. The minimum atomic E-state index is 0.322. The molecule has 20 heavy (non-hydrogen) atoms. The summed E-state index contributed by atoms with van der Waals surface area (Å²) in [5.41, 5.74) is 9.40. The van der Waals surface area contributed by atoms with Gasteiger partial charge in [0, 0.05) is 14.5 Å². The van der Waals surface area contributed by atoms with E-state index in [1.165, 1.54) is 0 Å². The highest BCUT2D eigenvalue weighted by Crippen LogP contribution is 2.37. The maximum absolute atomic E-state index is 5.93. The molecule has 0 bridgehead atoms. The number of nitrogen functional groups attached to an aromatic ring is 1. The average molecular weight is 394 g/mol. The quantitative estimate of drug-likeness (QED) is 0.657. The van der Waals surface area contributed by atoms with E-state index in [1.54, 1.807) is 0 Å². The number of anilines is 1. The van der Waals surface area contributed by atoms with Crippen molar-refractivity contribution in [3.8, 4) is 22.4 Å². The van der Waals surface area contributed by atoms with Crippen LogP contribution in [0, 0.1) is 0 Å². The molecule has 5 heteroatoms. The molecular formula is C15H10Br2N2O. The van der Waals surface area contributed by atoms with E-state index in [-0.39, 0.29) is 0 Å². The molecule has 0 aliphatic carbocycles. The smallest absolute Gasteiger partial charge is 0.230 e. The van der Waals surface area contributed by atoms with E-state index in [1.807, 2.05) is 48.5 Å². The van der Waals surface area contributed by atoms with Gasteiger partial charge in [0.2, 0.25) is 5.88 Å². The van der Waals surface area contributed by atoms with Crippen LogP contribution in [-0.2, 0) is 0 Å². The summed E-state index contributed by atoms with van der Waals surface area (Å²) in [5.74, 6) is 0.322. The second-order valence-corrected chi connectivity index (χ2v) is 6.13. The lowest BCUT2D eigenvalue weighted by Crippen LogP contribution is -1.87. The van der Waals surface area contributed by atoms with Gasteiger partial charge in [-0.1, -0.05) is 67.3 Å². The van der Waals surface area contributed by atoms with Crippen LogP contribution in [0.25, 0.3) is 22.4 Å². The predicted octanol–water partition coefficient (Wildman–Crippen LogP) is 5.12. The fourth-order valence-electron chi connectivity index (χ4n) is 2.07. The van der Waals surface area contributed by atoms with Crippen molar-refractivity contribution in [2.75, 3.05) is 5.73 Å². The first-order valence-electron chi connectivity index (χ1n) is 5.92. The molecule has 0 atom stereocenters. The zero-order chi connectivity index (χ0) is 14.1. The van der Waals surface area contributed by atoms with Crippen LogP contribution in [0.4, 0.5) is 5.88 Å². The van der Waals surface area contributed by atoms with Gasteiger partial charge in [-0.3, -0.25) is 0 Å². The van der Waals surface area contributed by atoms with Crippen molar-refractivity contribution >= 4 is 37.7 Å². The molecule has 0 aliphatic rings. The average Bonchev–Trinajstić information content (AvgIpc) is 2.80. The largest absolute Gasteiger partial charge is 0.367 e. The fourth-order valence-corrected chi connectivity index (χ4v) is 3.37. The fraction of sp³-hybridized carbons (Fsp3) is 0. The third-order valence-corrected chi connectivity index (χ3v) is 3.83. The zero-order valence-corrected chi connectivity index (χ0v) is 13.5. The molecule has 3 aromatic rings. The van der Waals surface area contributed by atoms with Crippen LogP contribution in [0.5, 0.6) is 0 Å². The van der Waals surface area contributed by atoms with Crippen molar-refractivity contribution < 1.29 is 4.52 Å². The van der Waals surface area contributed by atoms with Crippen molar-refractivity contribution in [3.05, 3.63) is 57.5 Å². The molecule has 0 unspecified atom stereocenters. The van der Waals surface area contributed by atoms with Crippen LogP contribution in [0.2, 0.25) is 0 Å². The molecule has 2 N–H and O–H groups in total. The van der Waals surface area contributed by atoms with Crippen LogP contribution >= 0.6 is 31.9 Å². The Balaban J connectivity index is 2.21. The molecule has 0 fully saturated rings. The van der Waals surface area contributed by atoms with Crippen LogP contribution in [0.1, 0.15) is 0 Å². The van der Waals surface area contributed by atoms with Gasteiger partial charge < -0.3 is 10.3 Å². The number of halogens is 2. The van der Waals surface area contributed by atoms with Crippen LogP contribution in [-0.4, -0.2) is 5.16 Å². The number of hydrogen-bond acceptors (Lipinski definition) is 3. The third kappa shape index (κ3) is 2.51. The zero-order valence-electron chi connectivity index (χ0n) is 10.3. The molecule has 1 aromatic heterocycles. The Labute approximate surface area is 133 Å². The van der Waals surface area contributed by atoms with Gasteiger partial charge in [-0.15, -0.1) is 0 Å². The number of nitrogens with two attached hydrogens (primary N) is 1. The first-order valence-corrected chi connectivity index (χ1v) is 7.51. The highest BCUT2D eigenvalue weighted by molar-refractivity contribution is 9.11. The summed E-state index contributed by atoms with van der Waals surface area (Å²) in [4.78, 5) is 0. The van der Waals surface area contributed by atoms with Gasteiger partial charge in [-0.25, -0.2) is 0 Å². The summed E-state index contributed by atoms with van der Waals surface area (Å²) in [6.45, 7) is 0. The van der Waals surface area contributed by atoms with E-state index in [0.717, 1.165) is 31.3 Å². The Kier molecular flexibility index (Phi) is 3.63. The van der Waals surface area contributed by atoms with E-state index >= 15 is 0 Å². The van der Waals surface area contributed by atoms with Crippen molar-refractivity contribution in [3.63, 3.8) is 0 Å². The lowest BCUT2D eigenvalue weighted by Gasteiger charge is -2.04. The van der Waals surface area contributed by atoms with Crippen molar-refractivity contribution in [1.29, 1.82) is 0 Å². The lowest BCUT2D eigenvalue weighted by molar-refractivity contribution is 0.439. The van der Waals surface area contributed by atoms with E-state index in [0.29, 0.717) is 5.88 Å². The Morgan fingerprint density at radius 3 is 2.20 bits per heavy atom. The Hall–Kier alpha value is -1.59. The molecule has 0 amide bonds. The first-order chi connectivity index (χ1) is 9.65. The SMILES string of the molecule is Nc1onc(-c2cc(Br)cc(Br)c2)c1-c1ccccc1. The van der Waals surface area contributed by atoms with Crippen LogP contribution < -0.4 is 5.73 Å². The van der Waals surface area contributed by atoms with Gasteiger partial charge in [0.25, 0.3) is 0 Å². The molecule has 2 aromatic carbocycles.